The molecule has 0 saturated carbocycles. The van der Waals surface area contributed by atoms with E-state index in [-0.39, 0.29) is 5.82 Å². The van der Waals surface area contributed by atoms with Gasteiger partial charge in [0.25, 0.3) is 0 Å². The SMILES string of the molecule is CCCCCCCCOc1ccc(-c2ccc(CCCCC)cn2)cc1F. The van der Waals surface area contributed by atoms with Crippen LogP contribution in [0.3, 0.4) is 0 Å². The molecule has 0 saturated heterocycles. The molecule has 0 atom stereocenters. The number of hydrogen-bond donors (Lipinski definition) is 0. The molecule has 1 aromatic heterocycles. The first-order valence-corrected chi connectivity index (χ1v) is 10.6. The second-order valence-electron chi connectivity index (χ2n) is 7.27. The summed E-state index contributed by atoms with van der Waals surface area (Å²) in [4.78, 5) is 4.50. The molecule has 0 aliphatic carbocycles. The van der Waals surface area contributed by atoms with Crippen LogP contribution in [-0.2, 0) is 6.42 Å². The normalized spacial score (nSPS) is 10.9. The number of hydrogen-bond acceptors (Lipinski definition) is 2. The van der Waals surface area contributed by atoms with Crippen LogP contribution < -0.4 is 4.74 Å². The molecule has 2 rings (SSSR count). The van der Waals surface area contributed by atoms with E-state index >= 15 is 0 Å². The van der Waals surface area contributed by atoms with Crippen LogP contribution in [0.1, 0.15) is 77.2 Å². The van der Waals surface area contributed by atoms with Crippen molar-refractivity contribution in [2.24, 2.45) is 0 Å². The van der Waals surface area contributed by atoms with Crippen molar-refractivity contribution in [1.29, 1.82) is 0 Å². The highest BCUT2D eigenvalue weighted by Crippen LogP contribution is 2.25. The fraction of sp³-hybridized carbons (Fsp3) is 0.542. The fourth-order valence-electron chi connectivity index (χ4n) is 3.16. The molecule has 0 fully saturated rings. The van der Waals surface area contributed by atoms with Gasteiger partial charge in [-0.3, -0.25) is 4.98 Å². The van der Waals surface area contributed by atoms with Crippen LogP contribution in [0, 0.1) is 5.82 Å². The zero-order valence-electron chi connectivity index (χ0n) is 17.0. The third kappa shape index (κ3) is 7.70. The Morgan fingerprint density at radius 3 is 2.30 bits per heavy atom. The number of benzene rings is 1. The van der Waals surface area contributed by atoms with Gasteiger partial charge in [-0.25, -0.2) is 4.39 Å². The van der Waals surface area contributed by atoms with Crippen molar-refractivity contribution in [1.82, 2.24) is 4.98 Å². The second kappa shape index (κ2) is 12.5. The Balaban J connectivity index is 1.83. The van der Waals surface area contributed by atoms with Gasteiger partial charge in [-0.05, 0) is 49.1 Å². The number of rotatable bonds is 13. The van der Waals surface area contributed by atoms with Crippen LogP contribution in [0.25, 0.3) is 11.3 Å². The average molecular weight is 372 g/mol. The molecular formula is C24H34FNO. The Morgan fingerprint density at radius 2 is 1.59 bits per heavy atom. The van der Waals surface area contributed by atoms with E-state index < -0.39 is 0 Å². The molecule has 0 unspecified atom stereocenters. The summed E-state index contributed by atoms with van der Waals surface area (Å²) in [6.07, 6.45) is 13.8. The van der Waals surface area contributed by atoms with Gasteiger partial charge in [0.05, 0.1) is 12.3 Å². The predicted molar refractivity (Wildman–Crippen MR) is 112 cm³/mol. The molecule has 0 N–H and O–H groups in total. The Labute approximate surface area is 164 Å². The molecule has 0 bridgehead atoms. The van der Waals surface area contributed by atoms with Gasteiger partial charge in [0.15, 0.2) is 11.6 Å². The summed E-state index contributed by atoms with van der Waals surface area (Å²) in [6.45, 7) is 5.00. The third-order valence-electron chi connectivity index (χ3n) is 4.88. The molecule has 1 aromatic carbocycles. The average Bonchev–Trinajstić information content (AvgIpc) is 2.69. The second-order valence-corrected chi connectivity index (χ2v) is 7.27. The summed E-state index contributed by atoms with van der Waals surface area (Å²) in [7, 11) is 0. The summed E-state index contributed by atoms with van der Waals surface area (Å²) in [5, 5.41) is 0. The standard InChI is InChI=1S/C24H34FNO/c1-3-5-7-8-9-11-17-27-24-16-14-21(18-22(24)25)23-15-13-20(19-26-23)12-10-6-4-2/h13-16,18-19H,3-12,17H2,1-2H3. The van der Waals surface area contributed by atoms with Gasteiger partial charge < -0.3 is 4.74 Å². The minimum absolute atomic E-state index is 0.313. The summed E-state index contributed by atoms with van der Waals surface area (Å²) in [5.41, 5.74) is 2.83. The number of halogens is 1. The van der Waals surface area contributed by atoms with Crippen molar-refractivity contribution < 1.29 is 9.13 Å². The van der Waals surface area contributed by atoms with Gasteiger partial charge in [-0.15, -0.1) is 0 Å². The zero-order valence-corrected chi connectivity index (χ0v) is 17.0. The third-order valence-corrected chi connectivity index (χ3v) is 4.88. The summed E-state index contributed by atoms with van der Waals surface area (Å²) < 4.78 is 20.0. The first-order chi connectivity index (χ1) is 13.2. The molecule has 2 nitrogen and oxygen atoms in total. The van der Waals surface area contributed by atoms with Crippen molar-refractivity contribution in [2.45, 2.75) is 78.1 Å². The fourth-order valence-corrected chi connectivity index (χ4v) is 3.16. The smallest absolute Gasteiger partial charge is 0.165 e. The molecule has 0 aliphatic rings. The van der Waals surface area contributed by atoms with Gasteiger partial charge in [0, 0.05) is 11.8 Å². The minimum Gasteiger partial charge on any atom is -0.491 e. The Morgan fingerprint density at radius 1 is 0.852 bits per heavy atom. The lowest BCUT2D eigenvalue weighted by molar-refractivity contribution is 0.290. The van der Waals surface area contributed by atoms with Crippen LogP contribution in [0.5, 0.6) is 5.75 Å². The van der Waals surface area contributed by atoms with E-state index in [1.54, 1.807) is 6.07 Å². The molecule has 1 heterocycles. The first kappa shape index (κ1) is 21.4. The van der Waals surface area contributed by atoms with Gasteiger partial charge in [0.2, 0.25) is 0 Å². The van der Waals surface area contributed by atoms with Crippen molar-refractivity contribution in [3.05, 3.63) is 47.9 Å². The van der Waals surface area contributed by atoms with Gasteiger partial charge >= 0.3 is 0 Å². The summed E-state index contributed by atoms with van der Waals surface area (Å²) in [5.74, 6) is 0.0239. The highest BCUT2D eigenvalue weighted by molar-refractivity contribution is 5.60. The number of ether oxygens (including phenoxy) is 1. The number of aryl methyl sites for hydroxylation is 1. The summed E-state index contributed by atoms with van der Waals surface area (Å²) in [6, 6.07) is 9.21. The maximum Gasteiger partial charge on any atom is 0.165 e. The maximum absolute atomic E-state index is 14.3. The highest BCUT2D eigenvalue weighted by Gasteiger charge is 2.07. The zero-order chi connectivity index (χ0) is 19.3. The predicted octanol–water partition coefficient (Wildman–Crippen LogP) is 7.36. The van der Waals surface area contributed by atoms with Crippen molar-refractivity contribution in [2.75, 3.05) is 6.61 Å². The largest absolute Gasteiger partial charge is 0.491 e. The minimum atomic E-state index is -0.313. The molecule has 0 amide bonds. The monoisotopic (exact) mass is 371 g/mol. The molecule has 3 heteroatoms. The van der Waals surface area contributed by atoms with Crippen molar-refractivity contribution >= 4 is 0 Å². The van der Waals surface area contributed by atoms with E-state index in [2.05, 4.69) is 24.9 Å². The lowest BCUT2D eigenvalue weighted by atomic mass is 10.1. The van der Waals surface area contributed by atoms with E-state index in [0.717, 1.165) is 30.5 Å². The quantitative estimate of drug-likeness (QED) is 0.343. The van der Waals surface area contributed by atoms with Crippen LogP contribution in [-0.4, -0.2) is 11.6 Å². The Kier molecular flexibility index (Phi) is 9.89. The number of nitrogens with zero attached hydrogens (tertiary/aromatic N) is 1. The molecule has 0 aliphatic heterocycles. The molecule has 0 spiro atoms. The number of pyridine rings is 1. The van der Waals surface area contributed by atoms with E-state index in [4.69, 9.17) is 4.74 Å². The van der Waals surface area contributed by atoms with Crippen molar-refractivity contribution in [3.63, 3.8) is 0 Å². The van der Waals surface area contributed by atoms with Crippen LogP contribution in [0.2, 0.25) is 0 Å². The first-order valence-electron chi connectivity index (χ1n) is 10.6. The van der Waals surface area contributed by atoms with E-state index in [0.29, 0.717) is 12.4 Å². The number of aromatic nitrogens is 1. The lowest BCUT2D eigenvalue weighted by Crippen LogP contribution is -1.99. The van der Waals surface area contributed by atoms with Crippen molar-refractivity contribution in [3.8, 4) is 17.0 Å². The van der Waals surface area contributed by atoms with E-state index in [9.17, 15) is 4.39 Å². The lowest BCUT2D eigenvalue weighted by Gasteiger charge is -2.09. The number of unbranched alkanes of at least 4 members (excludes halogenated alkanes) is 7. The van der Waals surface area contributed by atoms with E-state index in [1.165, 1.54) is 56.6 Å². The Bertz CT molecular complexity index is 654. The molecular weight excluding hydrogens is 337 g/mol. The molecule has 27 heavy (non-hydrogen) atoms. The molecule has 148 valence electrons. The topological polar surface area (TPSA) is 22.1 Å². The Hall–Kier alpha value is -1.90. The highest BCUT2D eigenvalue weighted by atomic mass is 19.1. The van der Waals surface area contributed by atoms with Gasteiger partial charge in [-0.1, -0.05) is 64.9 Å². The van der Waals surface area contributed by atoms with Gasteiger partial charge in [-0.2, -0.15) is 0 Å². The van der Waals surface area contributed by atoms with Crippen LogP contribution >= 0.6 is 0 Å². The van der Waals surface area contributed by atoms with E-state index in [1.807, 2.05) is 18.3 Å². The molecule has 2 aromatic rings. The molecule has 0 radical (unpaired) electrons. The summed E-state index contributed by atoms with van der Waals surface area (Å²) >= 11 is 0. The van der Waals surface area contributed by atoms with Crippen LogP contribution in [0.15, 0.2) is 36.5 Å². The van der Waals surface area contributed by atoms with Crippen LogP contribution in [0.4, 0.5) is 4.39 Å². The van der Waals surface area contributed by atoms with Gasteiger partial charge in [0.1, 0.15) is 0 Å². The maximum atomic E-state index is 14.3.